The molecule has 0 spiro atoms. The lowest BCUT2D eigenvalue weighted by Gasteiger charge is -2.05. The van der Waals surface area contributed by atoms with Crippen molar-refractivity contribution in [2.24, 2.45) is 0 Å². The van der Waals surface area contributed by atoms with E-state index in [0.29, 0.717) is 6.07 Å². The van der Waals surface area contributed by atoms with E-state index in [2.05, 4.69) is 0 Å². The first kappa shape index (κ1) is 12.0. The van der Waals surface area contributed by atoms with Gasteiger partial charge in [0, 0.05) is 0 Å². The maximum atomic E-state index is 13.1. The third-order valence-corrected chi connectivity index (χ3v) is 1.67. The Balaban J connectivity index is 2.91. The first-order valence-corrected chi connectivity index (χ1v) is 4.03. The molecule has 0 aromatic heterocycles. The molecule has 1 aromatic carbocycles. The summed E-state index contributed by atoms with van der Waals surface area (Å²) in [5, 5.41) is 10.1. The maximum Gasteiger partial charge on any atom is 0.335 e. The normalized spacial score (nSPS) is 10.2. The minimum atomic E-state index is -3.27. The second kappa shape index (κ2) is 4.65. The van der Waals surface area contributed by atoms with Crippen molar-refractivity contribution < 1.29 is 27.9 Å². The molecule has 1 rings (SSSR count). The Labute approximate surface area is 87.7 Å². The molecule has 1 aromatic rings. The van der Waals surface area contributed by atoms with Gasteiger partial charge in [0.1, 0.15) is 5.82 Å². The molecule has 0 aliphatic rings. The number of carboxylic acid groups (broad SMARTS) is 1. The molecule has 0 heterocycles. The zero-order valence-corrected chi connectivity index (χ0v) is 7.71. The number of carboxylic acids is 1. The first-order valence-electron chi connectivity index (χ1n) is 4.03. The van der Waals surface area contributed by atoms with Crippen LogP contribution in [0.15, 0.2) is 18.2 Å². The second-order valence-corrected chi connectivity index (χ2v) is 2.79. The van der Waals surface area contributed by atoms with E-state index >= 15 is 0 Å². The number of rotatable bonds is 3. The Bertz CT molecular complexity index is 434. The summed E-state index contributed by atoms with van der Waals surface area (Å²) < 4.78 is 36.8. The number of amides is 1. The van der Waals surface area contributed by atoms with Crippen LogP contribution >= 0.6 is 0 Å². The SMILES string of the molecule is O=C(O)c1ccc(NC(=O)C(F)F)c(F)c1. The molecule has 0 atom stereocenters. The Kier molecular flexibility index (Phi) is 3.49. The number of anilines is 1. The fourth-order valence-electron chi connectivity index (χ4n) is 0.937. The van der Waals surface area contributed by atoms with Crippen LogP contribution in [0, 0.1) is 5.82 Å². The highest BCUT2D eigenvalue weighted by atomic mass is 19.3. The molecule has 0 radical (unpaired) electrons. The molecule has 0 fully saturated rings. The Morgan fingerprint density at radius 3 is 2.38 bits per heavy atom. The number of alkyl halides is 2. The van der Waals surface area contributed by atoms with Gasteiger partial charge in [-0.3, -0.25) is 4.79 Å². The van der Waals surface area contributed by atoms with E-state index in [1.165, 1.54) is 0 Å². The number of carbonyl (C=O) groups is 2. The van der Waals surface area contributed by atoms with E-state index < -0.39 is 29.8 Å². The Morgan fingerprint density at radius 2 is 1.94 bits per heavy atom. The molecular weight excluding hydrogens is 227 g/mol. The number of nitrogens with one attached hydrogen (secondary N) is 1. The van der Waals surface area contributed by atoms with Gasteiger partial charge < -0.3 is 10.4 Å². The van der Waals surface area contributed by atoms with Crippen molar-refractivity contribution in [1.82, 2.24) is 0 Å². The van der Waals surface area contributed by atoms with Crippen LogP contribution in [0.4, 0.5) is 18.9 Å². The van der Waals surface area contributed by atoms with E-state index in [1.807, 2.05) is 0 Å². The highest BCUT2D eigenvalue weighted by molar-refractivity contribution is 5.94. The number of aromatic carboxylic acids is 1. The molecule has 2 N–H and O–H groups in total. The van der Waals surface area contributed by atoms with E-state index in [9.17, 15) is 22.8 Å². The van der Waals surface area contributed by atoms with Crippen LogP contribution in [0.5, 0.6) is 0 Å². The van der Waals surface area contributed by atoms with Gasteiger partial charge in [0.2, 0.25) is 0 Å². The molecule has 0 aliphatic carbocycles. The lowest BCUT2D eigenvalue weighted by molar-refractivity contribution is -0.126. The average molecular weight is 233 g/mol. The zero-order chi connectivity index (χ0) is 12.3. The van der Waals surface area contributed by atoms with E-state index in [-0.39, 0.29) is 5.56 Å². The van der Waals surface area contributed by atoms with Gasteiger partial charge in [-0.15, -0.1) is 0 Å². The minimum Gasteiger partial charge on any atom is -0.478 e. The highest BCUT2D eigenvalue weighted by Crippen LogP contribution is 2.16. The van der Waals surface area contributed by atoms with Gasteiger partial charge in [-0.1, -0.05) is 0 Å². The molecule has 0 saturated heterocycles. The van der Waals surface area contributed by atoms with Crippen LogP contribution in [0.2, 0.25) is 0 Å². The molecule has 0 aliphatic heterocycles. The number of carbonyl (C=O) groups excluding carboxylic acids is 1. The summed E-state index contributed by atoms with van der Waals surface area (Å²) in [6.45, 7) is 0. The average Bonchev–Trinajstić information content (AvgIpc) is 2.20. The molecule has 4 nitrogen and oxygen atoms in total. The summed E-state index contributed by atoms with van der Waals surface area (Å²) in [7, 11) is 0. The monoisotopic (exact) mass is 233 g/mol. The maximum absolute atomic E-state index is 13.1. The fourth-order valence-corrected chi connectivity index (χ4v) is 0.937. The predicted octanol–water partition coefficient (Wildman–Crippen LogP) is 1.73. The third-order valence-electron chi connectivity index (χ3n) is 1.67. The number of hydrogen-bond donors (Lipinski definition) is 2. The van der Waals surface area contributed by atoms with Gasteiger partial charge in [0.05, 0.1) is 11.3 Å². The van der Waals surface area contributed by atoms with Crippen molar-refractivity contribution in [2.45, 2.75) is 6.43 Å². The minimum absolute atomic E-state index is 0.340. The summed E-state index contributed by atoms with van der Waals surface area (Å²) in [4.78, 5) is 21.0. The standard InChI is InChI=1S/C9H6F3NO3/c10-5-3-4(9(15)16)1-2-6(5)13-8(14)7(11)12/h1-3,7H,(H,13,14)(H,15,16). The summed E-state index contributed by atoms with van der Waals surface area (Å²) >= 11 is 0. The molecule has 0 unspecified atom stereocenters. The summed E-state index contributed by atoms with van der Waals surface area (Å²) in [5.74, 6) is -4.10. The fraction of sp³-hybridized carbons (Fsp3) is 0.111. The van der Waals surface area contributed by atoms with Crippen molar-refractivity contribution >= 4 is 17.6 Å². The van der Waals surface area contributed by atoms with Gasteiger partial charge in [0.25, 0.3) is 5.91 Å². The van der Waals surface area contributed by atoms with Crippen LogP contribution < -0.4 is 5.32 Å². The van der Waals surface area contributed by atoms with Crippen molar-refractivity contribution in [3.63, 3.8) is 0 Å². The molecule has 86 valence electrons. The highest BCUT2D eigenvalue weighted by Gasteiger charge is 2.17. The smallest absolute Gasteiger partial charge is 0.335 e. The Morgan fingerprint density at radius 1 is 1.31 bits per heavy atom. The molecule has 7 heteroatoms. The summed E-state index contributed by atoms with van der Waals surface area (Å²) in [6, 6.07) is 2.52. The van der Waals surface area contributed by atoms with E-state index in [4.69, 9.17) is 5.11 Å². The van der Waals surface area contributed by atoms with Crippen molar-refractivity contribution in [1.29, 1.82) is 0 Å². The van der Waals surface area contributed by atoms with Gasteiger partial charge in [0.15, 0.2) is 0 Å². The van der Waals surface area contributed by atoms with Crippen LogP contribution in [0.1, 0.15) is 10.4 Å². The van der Waals surface area contributed by atoms with Crippen LogP contribution in [0.25, 0.3) is 0 Å². The molecule has 1 amide bonds. The van der Waals surface area contributed by atoms with E-state index in [1.54, 1.807) is 5.32 Å². The molecular formula is C9H6F3NO3. The van der Waals surface area contributed by atoms with Crippen LogP contribution in [0.3, 0.4) is 0 Å². The largest absolute Gasteiger partial charge is 0.478 e. The predicted molar refractivity (Wildman–Crippen MR) is 48.0 cm³/mol. The molecule has 16 heavy (non-hydrogen) atoms. The molecule has 0 bridgehead atoms. The summed E-state index contributed by atoms with van der Waals surface area (Å²) in [6.07, 6.45) is -3.27. The summed E-state index contributed by atoms with van der Waals surface area (Å²) in [5.41, 5.74) is -0.831. The lowest BCUT2D eigenvalue weighted by Crippen LogP contribution is -2.20. The zero-order valence-electron chi connectivity index (χ0n) is 7.71. The van der Waals surface area contributed by atoms with Crippen molar-refractivity contribution in [3.05, 3.63) is 29.6 Å². The third kappa shape index (κ3) is 2.72. The molecule has 0 saturated carbocycles. The first-order chi connectivity index (χ1) is 7.41. The van der Waals surface area contributed by atoms with Crippen molar-refractivity contribution in [3.8, 4) is 0 Å². The van der Waals surface area contributed by atoms with Gasteiger partial charge in [-0.05, 0) is 18.2 Å². The lowest BCUT2D eigenvalue weighted by atomic mass is 10.2. The van der Waals surface area contributed by atoms with E-state index in [0.717, 1.165) is 12.1 Å². The van der Waals surface area contributed by atoms with Gasteiger partial charge >= 0.3 is 12.4 Å². The van der Waals surface area contributed by atoms with Crippen LogP contribution in [-0.2, 0) is 4.79 Å². The number of benzene rings is 1. The van der Waals surface area contributed by atoms with Gasteiger partial charge in [-0.2, -0.15) is 8.78 Å². The number of hydrogen-bond acceptors (Lipinski definition) is 2. The topological polar surface area (TPSA) is 66.4 Å². The van der Waals surface area contributed by atoms with Crippen LogP contribution in [-0.4, -0.2) is 23.4 Å². The Hall–Kier alpha value is -2.05. The van der Waals surface area contributed by atoms with Gasteiger partial charge in [-0.25, -0.2) is 9.18 Å². The quantitative estimate of drug-likeness (QED) is 0.835. The second-order valence-electron chi connectivity index (χ2n) is 2.79. The van der Waals surface area contributed by atoms with Crippen molar-refractivity contribution in [2.75, 3.05) is 5.32 Å². The number of halogens is 3.